The molecule has 1 aliphatic heterocycles. The quantitative estimate of drug-likeness (QED) is 0.0719. The molecule has 47 heavy (non-hydrogen) atoms. The number of carbonyl (C=O) groups excluding carboxylic acids is 2. The average Bonchev–Trinajstić information content (AvgIpc) is 3.74. The van der Waals surface area contributed by atoms with Gasteiger partial charge in [0.25, 0.3) is 0 Å². The third kappa shape index (κ3) is 13.0. The molecule has 0 bridgehead atoms. The summed E-state index contributed by atoms with van der Waals surface area (Å²) >= 11 is 0. The summed E-state index contributed by atoms with van der Waals surface area (Å²) in [6.07, 6.45) is 8.61. The van der Waals surface area contributed by atoms with Crippen LogP contribution >= 0.6 is 0 Å². The monoisotopic (exact) mass is 666 g/mol. The van der Waals surface area contributed by atoms with Crippen molar-refractivity contribution in [3.8, 4) is 0 Å². The maximum atomic E-state index is 13.9. The second-order valence-corrected chi connectivity index (χ2v) is 19.4. The number of hydrogen-bond acceptors (Lipinski definition) is 5. The molecule has 2 N–H and O–H groups in total. The largest absolute Gasteiger partial charge is 0.481 e. The molecule has 0 aromatic heterocycles. The molecule has 0 aromatic carbocycles. The van der Waals surface area contributed by atoms with Crippen molar-refractivity contribution >= 4 is 17.8 Å². The number of carboxylic acids is 1. The number of esters is 1. The minimum Gasteiger partial charge on any atom is -0.481 e. The van der Waals surface area contributed by atoms with E-state index >= 15 is 0 Å². The molecule has 7 nitrogen and oxygen atoms in total. The lowest BCUT2D eigenvalue weighted by molar-refractivity contribution is -0.160. The van der Waals surface area contributed by atoms with Gasteiger partial charge in [-0.05, 0) is 58.2 Å². The molecule has 0 radical (unpaired) electrons. The van der Waals surface area contributed by atoms with Crippen LogP contribution < -0.4 is 5.32 Å². The first kappa shape index (κ1) is 43.4. The molecule has 1 rings (SSSR count). The Labute approximate surface area is 289 Å². The van der Waals surface area contributed by atoms with E-state index in [2.05, 4.69) is 74.6 Å². The van der Waals surface area contributed by atoms with Crippen molar-refractivity contribution in [3.63, 3.8) is 0 Å². The van der Waals surface area contributed by atoms with E-state index in [0.29, 0.717) is 32.4 Å². The maximum absolute atomic E-state index is 13.9. The van der Waals surface area contributed by atoms with Gasteiger partial charge in [-0.15, -0.1) is 0 Å². The van der Waals surface area contributed by atoms with Crippen LogP contribution in [0.3, 0.4) is 0 Å². The highest BCUT2D eigenvalue weighted by Crippen LogP contribution is 2.57. The fourth-order valence-electron chi connectivity index (χ4n) is 6.85. The lowest BCUT2D eigenvalue weighted by Gasteiger charge is -2.53. The van der Waals surface area contributed by atoms with Gasteiger partial charge in [0.1, 0.15) is 12.7 Å². The summed E-state index contributed by atoms with van der Waals surface area (Å²) in [6, 6.07) is 0. The molecule has 0 saturated carbocycles. The molecule has 0 spiro atoms. The Hall–Kier alpha value is -1.63. The maximum Gasteiger partial charge on any atom is 0.309 e. The van der Waals surface area contributed by atoms with Crippen LogP contribution in [0.2, 0.25) is 0 Å². The zero-order valence-electron chi connectivity index (χ0n) is 33.3. The number of unbranched alkanes of at least 4 members (excludes halogenated alkanes) is 5. The van der Waals surface area contributed by atoms with E-state index in [1.165, 1.54) is 25.7 Å². The van der Waals surface area contributed by atoms with Crippen LogP contribution in [0.5, 0.6) is 0 Å². The molecule has 1 heterocycles. The standard InChI is InChI=1S/C40H75NO6/c1-16-17-18-19-20-21-22-41-32(42)29(23-35(2,3)4)39(12,13)37(8,9)24-30(33(43)44)40(14,15)38(10,11)25-31(36(5,6)7)34(45)47-27-28-26-46-28/h28-31H,16-27H2,1-15H3,(H,41,42)(H,43,44). The van der Waals surface area contributed by atoms with Gasteiger partial charge in [-0.25, -0.2) is 0 Å². The topological polar surface area (TPSA) is 105 Å². The van der Waals surface area contributed by atoms with Gasteiger partial charge >= 0.3 is 11.9 Å². The lowest BCUT2D eigenvalue weighted by Crippen LogP contribution is -2.52. The van der Waals surface area contributed by atoms with E-state index in [9.17, 15) is 19.5 Å². The third-order valence-corrected chi connectivity index (χ3v) is 12.1. The molecule has 0 aromatic rings. The number of carboxylic acid groups (broad SMARTS) is 1. The minimum atomic E-state index is -0.840. The van der Waals surface area contributed by atoms with Crippen molar-refractivity contribution in [1.29, 1.82) is 0 Å². The molecular weight excluding hydrogens is 590 g/mol. The second kappa shape index (κ2) is 16.9. The van der Waals surface area contributed by atoms with Crippen LogP contribution in [0.4, 0.5) is 0 Å². The number of ether oxygens (including phenoxy) is 2. The molecule has 1 fully saturated rings. The van der Waals surface area contributed by atoms with Crippen molar-refractivity contribution in [3.05, 3.63) is 0 Å². The molecule has 1 saturated heterocycles. The molecule has 1 amide bonds. The molecule has 0 aliphatic carbocycles. The third-order valence-electron chi connectivity index (χ3n) is 12.1. The first-order chi connectivity index (χ1) is 21.2. The minimum absolute atomic E-state index is 0.00858. The fourth-order valence-corrected chi connectivity index (χ4v) is 6.85. The van der Waals surface area contributed by atoms with Gasteiger partial charge in [0.05, 0.1) is 18.4 Å². The summed E-state index contributed by atoms with van der Waals surface area (Å²) < 4.78 is 10.9. The van der Waals surface area contributed by atoms with Crippen molar-refractivity contribution < 1.29 is 29.0 Å². The first-order valence-corrected chi connectivity index (χ1v) is 18.5. The summed E-state index contributed by atoms with van der Waals surface area (Å²) in [5.74, 6) is -2.40. The predicted octanol–water partition coefficient (Wildman–Crippen LogP) is 9.71. The van der Waals surface area contributed by atoms with E-state index in [0.717, 1.165) is 12.8 Å². The van der Waals surface area contributed by atoms with Crippen molar-refractivity contribution in [2.45, 2.75) is 168 Å². The Morgan fingerprint density at radius 1 is 0.723 bits per heavy atom. The number of amides is 1. The van der Waals surface area contributed by atoms with E-state index in [1.54, 1.807) is 0 Å². The first-order valence-electron chi connectivity index (χ1n) is 18.5. The highest BCUT2D eigenvalue weighted by Gasteiger charge is 2.54. The molecule has 4 unspecified atom stereocenters. The summed E-state index contributed by atoms with van der Waals surface area (Å²) in [5, 5.41) is 14.1. The van der Waals surface area contributed by atoms with Crippen molar-refractivity contribution in [2.75, 3.05) is 19.8 Å². The van der Waals surface area contributed by atoms with Crippen LogP contribution in [0.25, 0.3) is 0 Å². The SMILES string of the molecule is CCCCCCCCNC(=O)C(CC(C)(C)C)C(C)(C)C(C)(C)CC(C(=O)O)C(C)(C)C(C)(C)CC(C(=O)OCC1CO1)C(C)(C)C. The van der Waals surface area contributed by atoms with Crippen molar-refractivity contribution in [2.24, 2.45) is 50.2 Å². The predicted molar refractivity (Wildman–Crippen MR) is 193 cm³/mol. The van der Waals surface area contributed by atoms with Crippen molar-refractivity contribution in [1.82, 2.24) is 5.32 Å². The molecule has 276 valence electrons. The highest BCUT2D eigenvalue weighted by molar-refractivity contribution is 5.79. The number of hydrogen-bond donors (Lipinski definition) is 2. The number of aliphatic carboxylic acids is 1. The van der Waals surface area contributed by atoms with E-state index < -0.39 is 39.5 Å². The summed E-state index contributed by atoms with van der Waals surface area (Å²) in [7, 11) is 0. The Bertz CT molecular complexity index is 1010. The van der Waals surface area contributed by atoms with E-state index in [-0.39, 0.29) is 41.3 Å². The Balaban J connectivity index is 3.29. The Morgan fingerprint density at radius 2 is 1.19 bits per heavy atom. The van der Waals surface area contributed by atoms with Crippen LogP contribution in [0, 0.1) is 50.2 Å². The smallest absolute Gasteiger partial charge is 0.309 e. The zero-order chi connectivity index (χ0) is 36.6. The van der Waals surface area contributed by atoms with Gasteiger partial charge in [-0.3, -0.25) is 14.4 Å². The Kier molecular flexibility index (Phi) is 15.6. The van der Waals surface area contributed by atoms with Gasteiger partial charge in [-0.2, -0.15) is 0 Å². The van der Waals surface area contributed by atoms with Crippen LogP contribution in [0.15, 0.2) is 0 Å². The van der Waals surface area contributed by atoms with Gasteiger partial charge < -0.3 is 19.9 Å². The number of carbonyl (C=O) groups is 3. The number of nitrogens with one attached hydrogen (secondary N) is 1. The molecule has 7 heteroatoms. The van der Waals surface area contributed by atoms with Gasteiger partial charge in [0.15, 0.2) is 0 Å². The highest BCUT2D eigenvalue weighted by atomic mass is 16.6. The van der Waals surface area contributed by atoms with Gasteiger partial charge in [0, 0.05) is 12.5 Å². The van der Waals surface area contributed by atoms with Gasteiger partial charge in [0.2, 0.25) is 5.91 Å². The summed E-state index contributed by atoms with van der Waals surface area (Å²) in [4.78, 5) is 40.5. The van der Waals surface area contributed by atoms with Crippen LogP contribution in [-0.2, 0) is 23.9 Å². The average molecular weight is 666 g/mol. The van der Waals surface area contributed by atoms with Gasteiger partial charge in [-0.1, -0.05) is 136 Å². The van der Waals surface area contributed by atoms with Crippen LogP contribution in [-0.4, -0.2) is 48.8 Å². The van der Waals surface area contributed by atoms with Crippen LogP contribution in [0.1, 0.15) is 162 Å². The Morgan fingerprint density at radius 3 is 1.64 bits per heavy atom. The number of epoxide rings is 1. The normalized spacial score (nSPS) is 18.3. The summed E-state index contributed by atoms with van der Waals surface area (Å²) in [6.45, 7) is 33.3. The summed E-state index contributed by atoms with van der Waals surface area (Å²) in [5.41, 5.74) is -2.65. The lowest BCUT2D eigenvalue weighted by atomic mass is 9.50. The van der Waals surface area contributed by atoms with E-state index in [4.69, 9.17) is 9.47 Å². The number of rotatable bonds is 21. The second-order valence-electron chi connectivity index (χ2n) is 19.4. The molecule has 1 aliphatic rings. The molecule has 4 atom stereocenters. The fraction of sp³-hybridized carbons (Fsp3) is 0.925. The zero-order valence-corrected chi connectivity index (χ0v) is 33.3. The van der Waals surface area contributed by atoms with E-state index in [1.807, 2.05) is 34.6 Å². The molecular formula is C40H75NO6.